The molecule has 3 rings (SSSR count). The summed E-state index contributed by atoms with van der Waals surface area (Å²) >= 11 is 0. The molecule has 0 aliphatic heterocycles. The van der Waals surface area contributed by atoms with Crippen LogP contribution in [0.1, 0.15) is 68.9 Å². The zero-order chi connectivity index (χ0) is 27.7. The Morgan fingerprint density at radius 1 is 0.842 bits per heavy atom. The van der Waals surface area contributed by atoms with Gasteiger partial charge in [0.25, 0.3) is 0 Å². The maximum Gasteiger partial charge on any atom is 0.243 e. The Bertz CT molecular complexity index is 1180. The second-order valence-electron chi connectivity index (χ2n) is 11.8. The zero-order valence-electron chi connectivity index (χ0n) is 24.0. The van der Waals surface area contributed by atoms with Crippen LogP contribution in [0.25, 0.3) is 0 Å². The first-order valence-electron chi connectivity index (χ1n) is 13.8. The number of nitrogens with one attached hydrogen (secondary N) is 1. The molecule has 1 N–H and O–H groups in total. The van der Waals surface area contributed by atoms with Crippen LogP contribution < -0.4 is 5.32 Å². The third-order valence-electron chi connectivity index (χ3n) is 6.84. The topological polar surface area (TPSA) is 49.4 Å². The molecule has 0 aromatic heterocycles. The van der Waals surface area contributed by atoms with Gasteiger partial charge in [0.1, 0.15) is 6.04 Å². The van der Waals surface area contributed by atoms with Crippen LogP contribution in [-0.2, 0) is 34.4 Å². The Morgan fingerprint density at radius 2 is 1.50 bits per heavy atom. The Balaban J connectivity index is 1.87. The van der Waals surface area contributed by atoms with Gasteiger partial charge in [-0.15, -0.1) is 0 Å². The molecule has 0 radical (unpaired) electrons. The van der Waals surface area contributed by atoms with Gasteiger partial charge in [-0.05, 0) is 46.9 Å². The normalized spacial score (nSPS) is 12.3. The third-order valence-corrected chi connectivity index (χ3v) is 6.84. The fraction of sp³-hybridized carbons (Fsp3) is 0.412. The van der Waals surface area contributed by atoms with Crippen molar-refractivity contribution in [1.82, 2.24) is 10.2 Å². The third kappa shape index (κ3) is 8.86. The van der Waals surface area contributed by atoms with Crippen LogP contribution >= 0.6 is 0 Å². The summed E-state index contributed by atoms with van der Waals surface area (Å²) in [5.41, 5.74) is 5.70. The molecular formula is C34H44N2O2. The van der Waals surface area contributed by atoms with Gasteiger partial charge in [-0.2, -0.15) is 0 Å². The van der Waals surface area contributed by atoms with Gasteiger partial charge < -0.3 is 10.2 Å². The molecule has 0 aliphatic carbocycles. The van der Waals surface area contributed by atoms with Crippen molar-refractivity contribution >= 4 is 11.8 Å². The molecule has 0 spiro atoms. The van der Waals surface area contributed by atoms with Crippen molar-refractivity contribution in [3.05, 3.63) is 107 Å². The summed E-state index contributed by atoms with van der Waals surface area (Å²) in [5, 5.41) is 3.10. The highest BCUT2D eigenvalue weighted by Gasteiger charge is 2.30. The number of rotatable bonds is 11. The second kappa shape index (κ2) is 13.4. The molecule has 0 saturated heterocycles. The molecule has 4 heteroatoms. The molecular weight excluding hydrogens is 468 g/mol. The standard InChI is InChI=1S/C34H44N2O2/c1-25(2)23-35-33(38)31(22-28-12-8-7-9-13-28)36(24-29-14-10-11-26(3)21-29)32(37)20-17-27-15-18-30(19-16-27)34(4,5)6/h7-16,18-19,21,25,31H,17,20,22-24H2,1-6H3,(H,35,38)/t31-/m0/s1. The summed E-state index contributed by atoms with van der Waals surface area (Å²) in [6, 6.07) is 26.1. The molecule has 3 aromatic carbocycles. The van der Waals surface area contributed by atoms with Crippen molar-refractivity contribution in [2.24, 2.45) is 5.92 Å². The highest BCUT2D eigenvalue weighted by Crippen LogP contribution is 2.23. The Labute approximate surface area is 229 Å². The maximum absolute atomic E-state index is 13.9. The van der Waals surface area contributed by atoms with Gasteiger partial charge in [-0.3, -0.25) is 9.59 Å². The van der Waals surface area contributed by atoms with Gasteiger partial charge in [-0.1, -0.05) is 119 Å². The summed E-state index contributed by atoms with van der Waals surface area (Å²) in [7, 11) is 0. The predicted molar refractivity (Wildman–Crippen MR) is 157 cm³/mol. The van der Waals surface area contributed by atoms with E-state index in [0.29, 0.717) is 38.3 Å². The maximum atomic E-state index is 13.9. The lowest BCUT2D eigenvalue weighted by Crippen LogP contribution is -2.51. The van der Waals surface area contributed by atoms with E-state index in [1.165, 1.54) is 5.56 Å². The van der Waals surface area contributed by atoms with E-state index in [2.05, 4.69) is 70.3 Å². The minimum Gasteiger partial charge on any atom is -0.354 e. The van der Waals surface area contributed by atoms with E-state index in [4.69, 9.17) is 0 Å². The molecule has 0 heterocycles. The van der Waals surface area contributed by atoms with Crippen molar-refractivity contribution in [2.45, 2.75) is 78.8 Å². The van der Waals surface area contributed by atoms with Crippen molar-refractivity contribution < 1.29 is 9.59 Å². The van der Waals surface area contributed by atoms with Crippen molar-refractivity contribution in [2.75, 3.05) is 6.54 Å². The van der Waals surface area contributed by atoms with E-state index in [1.54, 1.807) is 4.90 Å². The molecule has 0 bridgehead atoms. The fourth-order valence-corrected chi connectivity index (χ4v) is 4.55. The van der Waals surface area contributed by atoms with Gasteiger partial charge in [0.05, 0.1) is 0 Å². The zero-order valence-corrected chi connectivity index (χ0v) is 24.0. The smallest absolute Gasteiger partial charge is 0.243 e. The quantitative estimate of drug-likeness (QED) is 0.313. The number of nitrogens with zero attached hydrogens (tertiary/aromatic N) is 1. The van der Waals surface area contributed by atoms with Gasteiger partial charge in [0, 0.05) is 25.9 Å². The first kappa shape index (κ1) is 29.2. The molecule has 202 valence electrons. The highest BCUT2D eigenvalue weighted by molar-refractivity contribution is 5.88. The number of aryl methyl sites for hydroxylation is 2. The Morgan fingerprint density at radius 3 is 2.11 bits per heavy atom. The van der Waals surface area contributed by atoms with E-state index in [0.717, 1.165) is 22.3 Å². The molecule has 3 aromatic rings. The van der Waals surface area contributed by atoms with Crippen LogP contribution in [0, 0.1) is 12.8 Å². The van der Waals surface area contributed by atoms with Gasteiger partial charge in [-0.25, -0.2) is 0 Å². The largest absolute Gasteiger partial charge is 0.354 e. The van der Waals surface area contributed by atoms with Gasteiger partial charge >= 0.3 is 0 Å². The SMILES string of the molecule is Cc1cccc(CN(C(=O)CCc2ccc(C(C)(C)C)cc2)[C@@H](Cc2ccccc2)C(=O)NCC(C)C)c1. The minimum atomic E-state index is -0.590. The number of carbonyl (C=O) groups excluding carboxylic acids is 2. The molecule has 0 fully saturated rings. The first-order chi connectivity index (χ1) is 18.0. The molecule has 0 saturated carbocycles. The van der Waals surface area contributed by atoms with Gasteiger partial charge in [0.15, 0.2) is 0 Å². The van der Waals surface area contributed by atoms with Crippen LogP contribution in [0.5, 0.6) is 0 Å². The summed E-state index contributed by atoms with van der Waals surface area (Å²) < 4.78 is 0. The number of amides is 2. The van der Waals surface area contributed by atoms with E-state index < -0.39 is 6.04 Å². The lowest BCUT2D eigenvalue weighted by atomic mass is 9.86. The number of hydrogen-bond acceptors (Lipinski definition) is 2. The summed E-state index contributed by atoms with van der Waals surface area (Å²) in [6.07, 6.45) is 1.46. The Hall–Kier alpha value is -3.40. The van der Waals surface area contributed by atoms with Crippen molar-refractivity contribution in [3.63, 3.8) is 0 Å². The Kier molecular flexibility index (Phi) is 10.3. The van der Waals surface area contributed by atoms with Crippen LogP contribution in [0.2, 0.25) is 0 Å². The molecule has 0 unspecified atom stereocenters. The lowest BCUT2D eigenvalue weighted by Gasteiger charge is -2.32. The monoisotopic (exact) mass is 512 g/mol. The highest BCUT2D eigenvalue weighted by atomic mass is 16.2. The van der Waals surface area contributed by atoms with E-state index in [1.807, 2.05) is 55.5 Å². The molecule has 0 aliphatic rings. The minimum absolute atomic E-state index is 0.00738. The number of benzene rings is 3. The van der Waals surface area contributed by atoms with E-state index in [-0.39, 0.29) is 17.2 Å². The first-order valence-corrected chi connectivity index (χ1v) is 13.8. The van der Waals surface area contributed by atoms with Crippen LogP contribution in [-0.4, -0.2) is 29.3 Å². The fourth-order valence-electron chi connectivity index (χ4n) is 4.55. The average molecular weight is 513 g/mol. The summed E-state index contributed by atoms with van der Waals surface area (Å²) in [4.78, 5) is 29.2. The molecule has 2 amide bonds. The van der Waals surface area contributed by atoms with Crippen LogP contribution in [0.3, 0.4) is 0 Å². The number of carbonyl (C=O) groups is 2. The molecule has 4 nitrogen and oxygen atoms in total. The van der Waals surface area contributed by atoms with Gasteiger partial charge in [0.2, 0.25) is 11.8 Å². The number of hydrogen-bond donors (Lipinski definition) is 1. The second-order valence-corrected chi connectivity index (χ2v) is 11.8. The van der Waals surface area contributed by atoms with Crippen molar-refractivity contribution in [3.8, 4) is 0 Å². The average Bonchev–Trinajstić information content (AvgIpc) is 2.88. The molecule has 38 heavy (non-hydrogen) atoms. The lowest BCUT2D eigenvalue weighted by molar-refractivity contribution is -0.141. The predicted octanol–water partition coefficient (Wildman–Crippen LogP) is 6.64. The van der Waals surface area contributed by atoms with E-state index in [9.17, 15) is 9.59 Å². The summed E-state index contributed by atoms with van der Waals surface area (Å²) in [5.74, 6) is 0.221. The van der Waals surface area contributed by atoms with Crippen LogP contribution in [0.4, 0.5) is 0 Å². The van der Waals surface area contributed by atoms with E-state index >= 15 is 0 Å². The molecule has 1 atom stereocenters. The van der Waals surface area contributed by atoms with Crippen LogP contribution in [0.15, 0.2) is 78.9 Å². The summed E-state index contributed by atoms with van der Waals surface area (Å²) in [6.45, 7) is 13.8. The van der Waals surface area contributed by atoms with Crippen molar-refractivity contribution in [1.29, 1.82) is 0 Å².